The Kier molecular flexibility index (Phi) is 6.95. The fourth-order valence-electron chi connectivity index (χ4n) is 1.57. The van der Waals surface area contributed by atoms with E-state index in [0.717, 1.165) is 17.3 Å². The Balaban J connectivity index is 2.72. The predicted molar refractivity (Wildman–Crippen MR) is 88.0 cm³/mol. The lowest BCUT2D eigenvalue weighted by molar-refractivity contribution is -0.127. The molecule has 1 rings (SSSR count). The molecule has 0 heterocycles. The largest absolute Gasteiger partial charge is 0.480 e. The topological polar surface area (TPSA) is 64.3 Å². The van der Waals surface area contributed by atoms with E-state index in [4.69, 9.17) is 22.7 Å². The van der Waals surface area contributed by atoms with Gasteiger partial charge < -0.3 is 15.8 Å². The zero-order chi connectivity index (χ0) is 15.1. The van der Waals surface area contributed by atoms with Crippen molar-refractivity contribution in [2.24, 2.45) is 5.73 Å². The number of halogens is 1. The third-order valence-corrected chi connectivity index (χ3v) is 3.42. The van der Waals surface area contributed by atoms with Crippen LogP contribution >= 0.6 is 28.1 Å². The molecule has 6 heteroatoms. The molecule has 0 bridgehead atoms. The Hall–Kier alpha value is -1.14. The van der Waals surface area contributed by atoms with Crippen molar-refractivity contribution in [3.8, 4) is 5.75 Å². The Labute approximate surface area is 133 Å². The van der Waals surface area contributed by atoms with Crippen LogP contribution in [0.5, 0.6) is 5.75 Å². The Bertz CT molecular complexity index is 494. The highest BCUT2D eigenvalue weighted by molar-refractivity contribution is 9.10. The van der Waals surface area contributed by atoms with E-state index in [0.29, 0.717) is 17.9 Å². The molecule has 0 aliphatic carbocycles. The van der Waals surface area contributed by atoms with Crippen LogP contribution in [0.25, 0.3) is 0 Å². The van der Waals surface area contributed by atoms with Crippen LogP contribution in [0.4, 0.5) is 0 Å². The summed E-state index contributed by atoms with van der Waals surface area (Å²) in [6.07, 6.45) is 1.39. The van der Waals surface area contributed by atoms with Crippen molar-refractivity contribution >= 4 is 39.0 Å². The van der Waals surface area contributed by atoms with Crippen LogP contribution in [-0.2, 0) is 4.79 Å². The summed E-state index contributed by atoms with van der Waals surface area (Å²) in [5, 5.41) is 2.83. The van der Waals surface area contributed by atoms with Crippen molar-refractivity contribution in [1.29, 1.82) is 0 Å². The van der Waals surface area contributed by atoms with Crippen LogP contribution < -0.4 is 15.8 Å². The van der Waals surface area contributed by atoms with Gasteiger partial charge in [0.05, 0.1) is 5.56 Å². The van der Waals surface area contributed by atoms with Crippen LogP contribution in [0.2, 0.25) is 0 Å². The molecule has 1 atom stereocenters. The summed E-state index contributed by atoms with van der Waals surface area (Å²) in [6, 6.07) is 5.34. The number of hydrogen-bond donors (Lipinski definition) is 2. The average Bonchev–Trinajstić information content (AvgIpc) is 2.40. The standard InChI is InChI=1S/C14H19BrN2O2S/c1-3-4-7-17-14(18)9(2)19-12-6-5-10(15)8-11(12)13(16)20/h5-6,8-9H,3-4,7H2,1-2H3,(H2,16,20)(H,17,18). The lowest BCUT2D eigenvalue weighted by atomic mass is 10.2. The number of carbonyl (C=O) groups is 1. The lowest BCUT2D eigenvalue weighted by Crippen LogP contribution is -2.37. The van der Waals surface area contributed by atoms with Crippen molar-refractivity contribution in [1.82, 2.24) is 5.32 Å². The molecule has 0 fully saturated rings. The van der Waals surface area contributed by atoms with E-state index in [1.807, 2.05) is 6.07 Å². The molecule has 0 aromatic heterocycles. The van der Waals surface area contributed by atoms with Crippen molar-refractivity contribution < 1.29 is 9.53 Å². The van der Waals surface area contributed by atoms with Gasteiger partial charge >= 0.3 is 0 Å². The van der Waals surface area contributed by atoms with E-state index in [-0.39, 0.29) is 10.9 Å². The van der Waals surface area contributed by atoms with Gasteiger partial charge in [-0.3, -0.25) is 4.79 Å². The van der Waals surface area contributed by atoms with Crippen LogP contribution in [-0.4, -0.2) is 23.5 Å². The first-order chi connectivity index (χ1) is 9.45. The van der Waals surface area contributed by atoms with E-state index in [1.54, 1.807) is 19.1 Å². The normalized spacial score (nSPS) is 11.8. The molecule has 0 saturated carbocycles. The number of nitrogens with one attached hydrogen (secondary N) is 1. The SMILES string of the molecule is CCCCNC(=O)C(C)Oc1ccc(Br)cc1C(N)=S. The highest BCUT2D eigenvalue weighted by atomic mass is 79.9. The maximum Gasteiger partial charge on any atom is 0.260 e. The second kappa shape index (κ2) is 8.21. The summed E-state index contributed by atoms with van der Waals surface area (Å²) < 4.78 is 6.51. The van der Waals surface area contributed by atoms with Crippen LogP contribution in [0.1, 0.15) is 32.3 Å². The highest BCUT2D eigenvalue weighted by Gasteiger charge is 2.16. The maximum absolute atomic E-state index is 11.9. The number of amides is 1. The van der Waals surface area contributed by atoms with E-state index in [9.17, 15) is 4.79 Å². The lowest BCUT2D eigenvalue weighted by Gasteiger charge is -2.17. The molecule has 3 N–H and O–H groups in total. The maximum atomic E-state index is 11.9. The minimum Gasteiger partial charge on any atom is -0.480 e. The summed E-state index contributed by atoms with van der Waals surface area (Å²) in [5.74, 6) is 0.370. The van der Waals surface area contributed by atoms with Gasteiger partial charge in [0.2, 0.25) is 0 Å². The number of rotatable bonds is 7. The van der Waals surface area contributed by atoms with Gasteiger partial charge in [0, 0.05) is 11.0 Å². The molecular weight excluding hydrogens is 340 g/mol. The van der Waals surface area contributed by atoms with Gasteiger partial charge in [-0.1, -0.05) is 41.5 Å². The summed E-state index contributed by atoms with van der Waals surface area (Å²) >= 11 is 8.34. The average molecular weight is 359 g/mol. The number of carbonyl (C=O) groups excluding carboxylic acids is 1. The molecule has 1 unspecified atom stereocenters. The molecule has 0 aliphatic heterocycles. The summed E-state index contributed by atoms with van der Waals surface area (Å²) in [6.45, 7) is 4.43. The highest BCUT2D eigenvalue weighted by Crippen LogP contribution is 2.24. The second-order valence-corrected chi connectivity index (χ2v) is 5.76. The van der Waals surface area contributed by atoms with Gasteiger partial charge in [-0.15, -0.1) is 0 Å². The Morgan fingerprint density at radius 3 is 2.85 bits per heavy atom. The van der Waals surface area contributed by atoms with Crippen molar-refractivity contribution in [2.75, 3.05) is 6.54 Å². The van der Waals surface area contributed by atoms with Gasteiger partial charge in [-0.05, 0) is 31.5 Å². The van der Waals surface area contributed by atoms with Gasteiger partial charge in [0.1, 0.15) is 10.7 Å². The van der Waals surface area contributed by atoms with Gasteiger partial charge in [0.25, 0.3) is 5.91 Å². The van der Waals surface area contributed by atoms with Crippen LogP contribution in [0, 0.1) is 0 Å². The summed E-state index contributed by atoms with van der Waals surface area (Å²) in [5.41, 5.74) is 6.28. The first-order valence-corrected chi connectivity index (χ1v) is 7.69. The molecule has 110 valence electrons. The predicted octanol–water partition coefficient (Wildman–Crippen LogP) is 2.77. The number of benzene rings is 1. The third-order valence-electron chi connectivity index (χ3n) is 2.71. The van der Waals surface area contributed by atoms with Gasteiger partial charge in [0.15, 0.2) is 6.10 Å². The molecule has 4 nitrogen and oxygen atoms in total. The van der Waals surface area contributed by atoms with Gasteiger partial charge in [-0.25, -0.2) is 0 Å². The molecular formula is C14H19BrN2O2S. The van der Waals surface area contributed by atoms with E-state index in [2.05, 4.69) is 28.2 Å². The molecule has 1 amide bonds. The number of hydrogen-bond acceptors (Lipinski definition) is 3. The molecule has 0 radical (unpaired) electrons. The van der Waals surface area contributed by atoms with E-state index >= 15 is 0 Å². The Morgan fingerprint density at radius 1 is 1.55 bits per heavy atom. The van der Waals surface area contributed by atoms with E-state index in [1.165, 1.54) is 0 Å². The fraction of sp³-hybridized carbons (Fsp3) is 0.429. The zero-order valence-electron chi connectivity index (χ0n) is 11.6. The van der Waals surface area contributed by atoms with Crippen molar-refractivity contribution in [2.45, 2.75) is 32.8 Å². The first-order valence-electron chi connectivity index (χ1n) is 6.49. The van der Waals surface area contributed by atoms with Crippen LogP contribution in [0.15, 0.2) is 22.7 Å². The first kappa shape index (κ1) is 16.9. The second-order valence-electron chi connectivity index (χ2n) is 4.41. The van der Waals surface area contributed by atoms with Crippen LogP contribution in [0.3, 0.4) is 0 Å². The number of unbranched alkanes of at least 4 members (excludes halogenated alkanes) is 1. The van der Waals surface area contributed by atoms with Crippen molar-refractivity contribution in [3.63, 3.8) is 0 Å². The van der Waals surface area contributed by atoms with E-state index < -0.39 is 6.10 Å². The smallest absolute Gasteiger partial charge is 0.260 e. The minimum absolute atomic E-state index is 0.143. The monoisotopic (exact) mass is 358 g/mol. The summed E-state index contributed by atoms with van der Waals surface area (Å²) in [4.78, 5) is 12.1. The third kappa shape index (κ3) is 5.09. The molecule has 20 heavy (non-hydrogen) atoms. The molecule has 0 spiro atoms. The minimum atomic E-state index is -0.596. The fourth-order valence-corrected chi connectivity index (χ4v) is 2.09. The Morgan fingerprint density at radius 2 is 2.25 bits per heavy atom. The number of nitrogens with two attached hydrogens (primary N) is 1. The molecule has 1 aromatic carbocycles. The summed E-state index contributed by atoms with van der Waals surface area (Å²) in [7, 11) is 0. The number of ether oxygens (including phenoxy) is 1. The zero-order valence-corrected chi connectivity index (χ0v) is 14.0. The molecule has 0 aliphatic rings. The number of thiocarbonyl (C=S) groups is 1. The quantitative estimate of drug-likeness (QED) is 0.581. The van der Waals surface area contributed by atoms with Gasteiger partial charge in [-0.2, -0.15) is 0 Å². The van der Waals surface area contributed by atoms with Crippen molar-refractivity contribution in [3.05, 3.63) is 28.2 Å². The molecule has 1 aromatic rings. The molecule has 0 saturated heterocycles.